The Labute approximate surface area is 203 Å². The highest BCUT2D eigenvalue weighted by Gasteiger charge is 2.34. The predicted octanol–water partition coefficient (Wildman–Crippen LogP) is 7.26. The van der Waals surface area contributed by atoms with Gasteiger partial charge in [0.15, 0.2) is 0 Å². The van der Waals surface area contributed by atoms with E-state index in [9.17, 15) is 0 Å². The van der Waals surface area contributed by atoms with Gasteiger partial charge in [0.05, 0.1) is 0 Å². The zero-order chi connectivity index (χ0) is 22.5. The minimum atomic E-state index is 0.662. The van der Waals surface area contributed by atoms with Gasteiger partial charge in [-0.2, -0.15) is 0 Å². The zero-order valence-corrected chi connectivity index (χ0v) is 20.1. The normalized spacial score (nSPS) is 27.5. The molecule has 3 unspecified atom stereocenters. The Kier molecular flexibility index (Phi) is 5.08. The topological polar surface area (TPSA) is 0 Å². The fraction of sp³-hybridized carbons (Fsp3) is 0.353. The Bertz CT molecular complexity index is 1390. The van der Waals surface area contributed by atoms with Crippen LogP contribution in [0.2, 0.25) is 0 Å². The summed E-state index contributed by atoms with van der Waals surface area (Å²) in [4.78, 5) is 0. The summed E-state index contributed by atoms with van der Waals surface area (Å²) in [6.45, 7) is 0. The van der Waals surface area contributed by atoms with Crippen LogP contribution in [-0.2, 0) is 0 Å². The van der Waals surface area contributed by atoms with Crippen LogP contribution < -0.4 is 10.4 Å². The van der Waals surface area contributed by atoms with E-state index in [1.165, 1.54) is 79.4 Å². The smallest absolute Gasteiger partial charge is 0.00460 e. The van der Waals surface area contributed by atoms with Gasteiger partial charge in [-0.1, -0.05) is 90.4 Å². The van der Waals surface area contributed by atoms with Crippen LogP contribution in [0.5, 0.6) is 0 Å². The lowest BCUT2D eigenvalue weighted by atomic mass is 9.65. The average molecular weight is 443 g/mol. The first kappa shape index (κ1) is 20.5. The van der Waals surface area contributed by atoms with E-state index in [1.807, 2.05) is 0 Å². The van der Waals surface area contributed by atoms with Crippen LogP contribution in [0.25, 0.3) is 16.7 Å². The SMILES string of the molecule is C1=CC2C(=CC(c3cccc(C4=c5ccccc5=C5C=CCCC5C4)c3)=C3CCCCC32)CC1. The lowest BCUT2D eigenvalue weighted by Gasteiger charge is -2.39. The molecule has 0 amide bonds. The molecule has 5 aliphatic carbocycles. The van der Waals surface area contributed by atoms with Crippen LogP contribution in [0.1, 0.15) is 68.9 Å². The molecule has 0 spiro atoms. The number of rotatable bonds is 2. The monoisotopic (exact) mass is 442 g/mol. The van der Waals surface area contributed by atoms with Crippen molar-refractivity contribution in [2.45, 2.75) is 57.8 Å². The van der Waals surface area contributed by atoms with Gasteiger partial charge in [-0.05, 0) is 108 Å². The molecule has 1 fully saturated rings. The first-order valence-corrected chi connectivity index (χ1v) is 13.6. The van der Waals surface area contributed by atoms with Crippen molar-refractivity contribution in [3.8, 4) is 0 Å². The summed E-state index contributed by atoms with van der Waals surface area (Å²) in [5, 5.41) is 2.91. The van der Waals surface area contributed by atoms with E-state index in [-0.39, 0.29) is 0 Å². The molecule has 0 N–H and O–H groups in total. The zero-order valence-electron chi connectivity index (χ0n) is 20.1. The number of hydrogen-bond donors (Lipinski definition) is 0. The lowest BCUT2D eigenvalue weighted by Crippen LogP contribution is -2.35. The molecule has 0 aromatic heterocycles. The maximum atomic E-state index is 2.60. The first-order valence-electron chi connectivity index (χ1n) is 13.6. The molecule has 2 aromatic carbocycles. The van der Waals surface area contributed by atoms with Crippen molar-refractivity contribution >= 4 is 16.7 Å². The molecule has 3 atom stereocenters. The molecule has 7 rings (SSSR count). The van der Waals surface area contributed by atoms with Crippen molar-refractivity contribution in [1.82, 2.24) is 0 Å². The van der Waals surface area contributed by atoms with Gasteiger partial charge in [-0.15, -0.1) is 0 Å². The molecule has 0 radical (unpaired) electrons. The largest absolute Gasteiger partial charge is 0.0876 e. The van der Waals surface area contributed by atoms with Crippen LogP contribution >= 0.6 is 0 Å². The molecule has 5 aliphatic rings. The van der Waals surface area contributed by atoms with E-state index in [2.05, 4.69) is 78.9 Å². The van der Waals surface area contributed by atoms with E-state index in [4.69, 9.17) is 0 Å². The Morgan fingerprint density at radius 1 is 0.765 bits per heavy atom. The van der Waals surface area contributed by atoms with Gasteiger partial charge in [-0.25, -0.2) is 0 Å². The van der Waals surface area contributed by atoms with Gasteiger partial charge in [-0.3, -0.25) is 0 Å². The molecule has 170 valence electrons. The van der Waals surface area contributed by atoms with Gasteiger partial charge in [0, 0.05) is 5.92 Å². The summed E-state index contributed by atoms with van der Waals surface area (Å²) in [5.74, 6) is 2.07. The average Bonchev–Trinajstić information content (AvgIpc) is 2.92. The summed E-state index contributed by atoms with van der Waals surface area (Å²) in [7, 11) is 0. The van der Waals surface area contributed by atoms with E-state index in [0.29, 0.717) is 11.8 Å². The van der Waals surface area contributed by atoms with Crippen LogP contribution in [0, 0.1) is 17.8 Å². The third-order valence-electron chi connectivity index (χ3n) is 9.09. The highest BCUT2D eigenvalue weighted by Crippen LogP contribution is 2.49. The first-order chi connectivity index (χ1) is 16.9. The number of hydrogen-bond acceptors (Lipinski definition) is 0. The standard InChI is InChI=1S/C34H34/c1-3-14-27-25(10-1)21-33(31-18-7-5-16-29(27)31)23-12-9-13-24(20-23)34-22-26-11-2-4-15-28(26)30-17-6-8-19-32(30)34/h3-5,7,9,12-16,18,20,22,25,28,30H,1-2,6,8,10-11,17,19,21H2. The van der Waals surface area contributed by atoms with Gasteiger partial charge in [0.1, 0.15) is 0 Å². The van der Waals surface area contributed by atoms with Gasteiger partial charge >= 0.3 is 0 Å². The molecule has 0 bridgehead atoms. The maximum absolute atomic E-state index is 2.60. The quantitative estimate of drug-likeness (QED) is 0.430. The number of fused-ring (bicyclic) bond motifs is 5. The molecular formula is C34H34. The number of allylic oxidation sites excluding steroid dienone is 8. The minimum absolute atomic E-state index is 0.662. The van der Waals surface area contributed by atoms with Crippen LogP contribution in [0.4, 0.5) is 0 Å². The fourth-order valence-electron chi connectivity index (χ4n) is 7.48. The minimum Gasteiger partial charge on any atom is -0.0876 e. The molecule has 0 aliphatic heterocycles. The lowest BCUT2D eigenvalue weighted by molar-refractivity contribution is 0.382. The van der Waals surface area contributed by atoms with Crippen LogP contribution in [0.3, 0.4) is 0 Å². The van der Waals surface area contributed by atoms with Crippen molar-refractivity contribution < 1.29 is 0 Å². The summed E-state index contributed by atoms with van der Waals surface area (Å²) >= 11 is 0. The van der Waals surface area contributed by atoms with Gasteiger partial charge in [0.25, 0.3) is 0 Å². The fourth-order valence-corrected chi connectivity index (χ4v) is 7.48. The maximum Gasteiger partial charge on any atom is 0.00460 e. The Morgan fingerprint density at radius 2 is 1.68 bits per heavy atom. The highest BCUT2D eigenvalue weighted by atomic mass is 14.4. The van der Waals surface area contributed by atoms with Crippen molar-refractivity contribution in [2.75, 3.05) is 0 Å². The number of benzene rings is 2. The van der Waals surface area contributed by atoms with Crippen molar-refractivity contribution in [1.29, 1.82) is 0 Å². The summed E-state index contributed by atoms with van der Waals surface area (Å²) < 4.78 is 0. The third-order valence-corrected chi connectivity index (χ3v) is 9.09. The van der Waals surface area contributed by atoms with E-state index in [1.54, 1.807) is 27.9 Å². The van der Waals surface area contributed by atoms with Gasteiger partial charge in [0.2, 0.25) is 0 Å². The third kappa shape index (κ3) is 3.34. The molecule has 0 saturated heterocycles. The molecule has 1 saturated carbocycles. The Hall–Kier alpha value is -2.86. The van der Waals surface area contributed by atoms with Crippen molar-refractivity contribution in [2.24, 2.45) is 17.8 Å². The predicted molar refractivity (Wildman–Crippen MR) is 143 cm³/mol. The summed E-state index contributed by atoms with van der Waals surface area (Å²) in [5.41, 5.74) is 11.0. The second kappa shape index (κ2) is 8.42. The summed E-state index contributed by atoms with van der Waals surface area (Å²) in [6.07, 6.45) is 23.8. The van der Waals surface area contributed by atoms with Crippen molar-refractivity contribution in [3.63, 3.8) is 0 Å². The summed E-state index contributed by atoms with van der Waals surface area (Å²) in [6, 6.07) is 18.7. The molecule has 0 heteroatoms. The van der Waals surface area contributed by atoms with Crippen molar-refractivity contribution in [3.05, 3.63) is 112 Å². The van der Waals surface area contributed by atoms with Crippen LogP contribution in [0.15, 0.2) is 90.1 Å². The van der Waals surface area contributed by atoms with Gasteiger partial charge < -0.3 is 0 Å². The second-order valence-corrected chi connectivity index (χ2v) is 10.9. The van der Waals surface area contributed by atoms with E-state index < -0.39 is 0 Å². The molecule has 0 heterocycles. The highest BCUT2D eigenvalue weighted by molar-refractivity contribution is 5.82. The molecular weight excluding hydrogens is 408 g/mol. The molecule has 0 nitrogen and oxygen atoms in total. The second-order valence-electron chi connectivity index (χ2n) is 10.9. The Balaban J connectivity index is 1.39. The molecule has 34 heavy (non-hydrogen) atoms. The Morgan fingerprint density at radius 3 is 2.65 bits per heavy atom. The molecule has 2 aromatic rings. The van der Waals surface area contributed by atoms with E-state index in [0.717, 1.165) is 5.92 Å². The van der Waals surface area contributed by atoms with Crippen LogP contribution in [-0.4, -0.2) is 0 Å². The van der Waals surface area contributed by atoms with E-state index >= 15 is 0 Å².